The second-order valence-corrected chi connectivity index (χ2v) is 7.44. The lowest BCUT2D eigenvalue weighted by Gasteiger charge is -2.00. The summed E-state index contributed by atoms with van der Waals surface area (Å²) < 4.78 is 24.5. The summed E-state index contributed by atoms with van der Waals surface area (Å²) in [7, 11) is -3.70. The average Bonchev–Trinajstić information content (AvgIpc) is 2.90. The third kappa shape index (κ3) is 2.67. The molecule has 1 aromatic carbocycles. The molecule has 2 heterocycles. The van der Waals surface area contributed by atoms with Gasteiger partial charge in [0.15, 0.2) is 5.82 Å². The Balaban J connectivity index is 2.31. The van der Waals surface area contributed by atoms with Crippen LogP contribution in [0.25, 0.3) is 17.2 Å². The van der Waals surface area contributed by atoms with Crippen LogP contribution in [0.3, 0.4) is 0 Å². The van der Waals surface area contributed by atoms with Gasteiger partial charge in [0.1, 0.15) is 5.56 Å². The van der Waals surface area contributed by atoms with Crippen molar-refractivity contribution in [3.05, 3.63) is 32.8 Å². The molecule has 2 aromatic heterocycles. The van der Waals surface area contributed by atoms with Gasteiger partial charge in [-0.15, -0.1) is 5.10 Å². The number of nitro benzene ring substituents is 1. The van der Waals surface area contributed by atoms with Gasteiger partial charge < -0.3 is 5.73 Å². The summed E-state index contributed by atoms with van der Waals surface area (Å²) in [6, 6.07) is 4.38. The Hall–Kier alpha value is -2.67. The number of nitrogens with two attached hydrogens (primary N) is 1. The number of benzene rings is 1. The molecule has 0 radical (unpaired) electrons. The molecule has 124 valence electrons. The highest BCUT2D eigenvalue weighted by Crippen LogP contribution is 2.34. The molecule has 3 aromatic rings. The van der Waals surface area contributed by atoms with Crippen molar-refractivity contribution in [3.63, 3.8) is 0 Å². The van der Waals surface area contributed by atoms with Gasteiger partial charge in [0, 0.05) is 16.8 Å². The monoisotopic (exact) mass is 413 g/mol. The predicted molar refractivity (Wildman–Crippen MR) is 85.9 cm³/mol. The van der Waals surface area contributed by atoms with Crippen molar-refractivity contribution < 1.29 is 13.3 Å². The number of anilines is 1. The smallest absolute Gasteiger partial charge is 0.281 e. The zero-order valence-corrected chi connectivity index (χ0v) is 14.3. The van der Waals surface area contributed by atoms with E-state index in [2.05, 4.69) is 36.0 Å². The lowest BCUT2D eigenvalue weighted by Crippen LogP contribution is -2.11. The lowest BCUT2D eigenvalue weighted by atomic mass is 10.2. The van der Waals surface area contributed by atoms with Crippen molar-refractivity contribution in [2.75, 3.05) is 12.0 Å². The van der Waals surface area contributed by atoms with Crippen LogP contribution in [-0.2, 0) is 9.84 Å². The van der Waals surface area contributed by atoms with Crippen molar-refractivity contribution in [2.45, 2.75) is 5.16 Å². The Kier molecular flexibility index (Phi) is 3.68. The quantitative estimate of drug-likeness (QED) is 0.484. The zero-order valence-electron chi connectivity index (χ0n) is 11.9. The average molecular weight is 414 g/mol. The van der Waals surface area contributed by atoms with Gasteiger partial charge in [0.25, 0.3) is 16.6 Å². The minimum Gasteiger partial charge on any atom is -0.368 e. The molecule has 0 saturated heterocycles. The van der Waals surface area contributed by atoms with Crippen LogP contribution in [0.2, 0.25) is 0 Å². The number of rotatable bonds is 3. The van der Waals surface area contributed by atoms with Gasteiger partial charge >= 0.3 is 0 Å². The summed E-state index contributed by atoms with van der Waals surface area (Å²) in [6.45, 7) is 0. The third-order valence-corrected chi connectivity index (χ3v) is 4.46. The van der Waals surface area contributed by atoms with E-state index in [1.165, 1.54) is 12.1 Å². The van der Waals surface area contributed by atoms with Crippen LogP contribution in [0.15, 0.2) is 27.8 Å². The molecule has 0 aliphatic heterocycles. The van der Waals surface area contributed by atoms with Crippen LogP contribution in [0.1, 0.15) is 0 Å². The predicted octanol–water partition coefficient (Wildman–Crippen LogP) is 0.843. The SMILES string of the molecule is CS(=O)(=O)c1nc(N)n2nc(-c3c(Br)cccc3[N+](=O)[O-])nc2n1. The molecule has 0 spiro atoms. The van der Waals surface area contributed by atoms with Gasteiger partial charge in [-0.05, 0) is 22.0 Å². The number of aromatic nitrogens is 5. The van der Waals surface area contributed by atoms with E-state index in [0.29, 0.717) is 4.47 Å². The topological polar surface area (TPSA) is 159 Å². The van der Waals surface area contributed by atoms with E-state index < -0.39 is 19.9 Å². The fourth-order valence-corrected chi connectivity index (χ4v) is 2.98. The summed E-state index contributed by atoms with van der Waals surface area (Å²) in [5, 5.41) is 14.7. The maximum atomic E-state index is 11.6. The number of hydrogen-bond acceptors (Lipinski definition) is 9. The van der Waals surface area contributed by atoms with Crippen molar-refractivity contribution in [1.29, 1.82) is 0 Å². The van der Waals surface area contributed by atoms with Crippen molar-refractivity contribution >= 4 is 43.2 Å². The Labute approximate surface area is 142 Å². The molecule has 3 rings (SSSR count). The van der Waals surface area contributed by atoms with E-state index in [4.69, 9.17) is 5.73 Å². The van der Waals surface area contributed by atoms with Gasteiger partial charge in [-0.2, -0.15) is 19.5 Å². The number of nitrogens with zero attached hydrogens (tertiary/aromatic N) is 6. The molecule has 11 nitrogen and oxygen atoms in total. The summed E-state index contributed by atoms with van der Waals surface area (Å²) in [4.78, 5) is 22.1. The molecule has 0 atom stereocenters. The van der Waals surface area contributed by atoms with Crippen LogP contribution >= 0.6 is 15.9 Å². The van der Waals surface area contributed by atoms with Crippen LogP contribution in [-0.4, -0.2) is 44.2 Å². The molecule has 0 unspecified atom stereocenters. The second-order valence-electron chi connectivity index (χ2n) is 4.67. The van der Waals surface area contributed by atoms with Crippen LogP contribution in [0.4, 0.5) is 11.6 Å². The van der Waals surface area contributed by atoms with Crippen LogP contribution in [0.5, 0.6) is 0 Å². The second kappa shape index (κ2) is 5.45. The first kappa shape index (κ1) is 16.2. The third-order valence-electron chi connectivity index (χ3n) is 2.96. The van der Waals surface area contributed by atoms with Gasteiger partial charge in [-0.1, -0.05) is 6.07 Å². The fourth-order valence-electron chi connectivity index (χ4n) is 1.94. The Morgan fingerprint density at radius 3 is 2.62 bits per heavy atom. The summed E-state index contributed by atoms with van der Waals surface area (Å²) in [6.07, 6.45) is 0.925. The fraction of sp³-hybridized carbons (Fsp3) is 0.0909. The van der Waals surface area contributed by atoms with E-state index in [9.17, 15) is 18.5 Å². The molecular formula is C11H8BrN7O4S. The zero-order chi connectivity index (χ0) is 17.6. The number of nitrogen functional groups attached to an aromatic ring is 1. The van der Waals surface area contributed by atoms with E-state index in [1.54, 1.807) is 6.07 Å². The number of sulfone groups is 1. The van der Waals surface area contributed by atoms with Gasteiger partial charge in [0.2, 0.25) is 15.8 Å². The minimum absolute atomic E-state index is 0.0409. The largest absolute Gasteiger partial charge is 0.368 e. The first-order valence-corrected chi connectivity index (χ1v) is 8.90. The normalized spacial score (nSPS) is 11.8. The molecule has 24 heavy (non-hydrogen) atoms. The molecular weight excluding hydrogens is 406 g/mol. The maximum Gasteiger partial charge on any atom is 0.281 e. The van der Waals surface area contributed by atoms with Gasteiger partial charge in [-0.3, -0.25) is 10.1 Å². The van der Waals surface area contributed by atoms with E-state index in [1.807, 2.05) is 0 Å². The van der Waals surface area contributed by atoms with Gasteiger partial charge in [0.05, 0.1) is 4.92 Å². The minimum atomic E-state index is -3.70. The first-order chi connectivity index (χ1) is 11.2. The number of halogens is 1. The highest BCUT2D eigenvalue weighted by atomic mass is 79.9. The standard InChI is InChI=1S/C11H8BrN7O4S/c1-24(22,23)11-15-9(13)18-10(16-11)14-8(17-18)7-5(12)3-2-4-6(7)19(20)21/h2-4H,1H3,(H2,13,14,15,16,17). The van der Waals surface area contributed by atoms with Crippen molar-refractivity contribution in [1.82, 2.24) is 24.6 Å². The Morgan fingerprint density at radius 2 is 2.00 bits per heavy atom. The first-order valence-electron chi connectivity index (χ1n) is 6.22. The highest BCUT2D eigenvalue weighted by molar-refractivity contribution is 9.10. The van der Waals surface area contributed by atoms with Crippen molar-refractivity contribution in [2.24, 2.45) is 0 Å². The van der Waals surface area contributed by atoms with Gasteiger partial charge in [-0.25, -0.2) is 8.42 Å². The number of fused-ring (bicyclic) bond motifs is 1. The molecule has 0 aliphatic rings. The Bertz CT molecular complexity index is 1100. The number of nitro groups is 1. The van der Waals surface area contributed by atoms with E-state index >= 15 is 0 Å². The molecule has 2 N–H and O–H groups in total. The summed E-state index contributed by atoms with van der Waals surface area (Å²) >= 11 is 3.22. The lowest BCUT2D eigenvalue weighted by molar-refractivity contribution is -0.384. The highest BCUT2D eigenvalue weighted by Gasteiger charge is 2.24. The Morgan fingerprint density at radius 1 is 1.29 bits per heavy atom. The maximum absolute atomic E-state index is 11.6. The molecule has 0 amide bonds. The molecule has 0 aliphatic carbocycles. The molecule has 13 heteroatoms. The van der Waals surface area contributed by atoms with E-state index in [-0.39, 0.29) is 28.8 Å². The van der Waals surface area contributed by atoms with Crippen LogP contribution in [0, 0.1) is 10.1 Å². The van der Waals surface area contributed by atoms with Crippen LogP contribution < -0.4 is 5.73 Å². The molecule has 0 bridgehead atoms. The summed E-state index contributed by atoms with van der Waals surface area (Å²) in [5.74, 6) is -0.433. The molecule has 0 saturated carbocycles. The van der Waals surface area contributed by atoms with Crippen molar-refractivity contribution in [3.8, 4) is 11.4 Å². The number of hydrogen-bond donors (Lipinski definition) is 1. The summed E-state index contributed by atoms with van der Waals surface area (Å²) in [5.41, 5.74) is 5.57. The van der Waals surface area contributed by atoms with E-state index in [0.717, 1.165) is 10.8 Å². The molecule has 0 fully saturated rings.